The van der Waals surface area contributed by atoms with E-state index < -0.39 is 51.2 Å². The molecule has 0 spiro atoms. The average molecular weight is 743 g/mol. The van der Waals surface area contributed by atoms with Crippen molar-refractivity contribution in [1.29, 1.82) is 0 Å². The smallest absolute Gasteiger partial charge is 0.193 e. The fraction of sp³-hybridized carbons (Fsp3) is 0.511. The van der Waals surface area contributed by atoms with Crippen LogP contribution in [0.5, 0.6) is 0 Å². The van der Waals surface area contributed by atoms with E-state index >= 15 is 0 Å². The molecule has 0 bridgehead atoms. The molecule has 4 rings (SSSR count). The highest BCUT2D eigenvalue weighted by atomic mass is 28.4. The van der Waals surface area contributed by atoms with Crippen molar-refractivity contribution in [3.05, 3.63) is 120 Å². The Morgan fingerprint density at radius 1 is 0.755 bits per heavy atom. The van der Waals surface area contributed by atoms with Gasteiger partial charge in [-0.1, -0.05) is 156 Å². The van der Waals surface area contributed by atoms with Crippen molar-refractivity contribution < 1.29 is 33.2 Å². The molecular formula is C45H62O7Si. The number of methoxy groups -OCH3 is 1. The third-order valence-corrected chi connectivity index (χ3v) is 14.5. The summed E-state index contributed by atoms with van der Waals surface area (Å²) in [5.74, 6) is 6.31. The van der Waals surface area contributed by atoms with Crippen molar-refractivity contribution in [1.82, 2.24) is 0 Å². The summed E-state index contributed by atoms with van der Waals surface area (Å²) in [6, 6.07) is 30.2. The molecule has 3 aromatic carbocycles. The lowest BCUT2D eigenvalue weighted by atomic mass is 9.96. The molecule has 3 aromatic rings. The first-order valence-electron chi connectivity index (χ1n) is 19.2. The van der Waals surface area contributed by atoms with Crippen molar-refractivity contribution >= 4 is 8.32 Å². The van der Waals surface area contributed by atoms with Gasteiger partial charge in [-0.3, -0.25) is 0 Å². The van der Waals surface area contributed by atoms with Crippen LogP contribution >= 0.6 is 0 Å². The molecule has 0 radical (unpaired) electrons. The minimum Gasteiger partial charge on any atom is -0.407 e. The second kappa shape index (κ2) is 21.7. The molecule has 1 aliphatic heterocycles. The summed E-state index contributed by atoms with van der Waals surface area (Å²) in [5, 5.41) is 11.4. The summed E-state index contributed by atoms with van der Waals surface area (Å²) in [7, 11) is -0.699. The molecule has 1 aliphatic rings. The van der Waals surface area contributed by atoms with Crippen LogP contribution in [0.4, 0.5) is 0 Å². The summed E-state index contributed by atoms with van der Waals surface area (Å²) < 4.78 is 39.6. The molecule has 0 saturated carbocycles. The van der Waals surface area contributed by atoms with E-state index in [-0.39, 0.29) is 5.04 Å². The largest absolute Gasteiger partial charge is 0.407 e. The first kappa shape index (κ1) is 42.6. The third kappa shape index (κ3) is 13.6. The lowest BCUT2D eigenvalue weighted by Gasteiger charge is -2.45. The van der Waals surface area contributed by atoms with E-state index in [2.05, 4.69) is 52.6 Å². The molecule has 0 unspecified atom stereocenters. The molecule has 0 aliphatic carbocycles. The van der Waals surface area contributed by atoms with Gasteiger partial charge < -0.3 is 33.2 Å². The number of aliphatic hydroxyl groups excluding tert-OH is 1. The second-order valence-corrected chi connectivity index (χ2v) is 20.0. The molecule has 1 N–H and O–H groups in total. The molecule has 1 heterocycles. The highest BCUT2D eigenvalue weighted by molar-refractivity contribution is 6.74. The Morgan fingerprint density at radius 2 is 1.26 bits per heavy atom. The zero-order valence-electron chi connectivity index (χ0n) is 32.9. The Balaban J connectivity index is 1.69. The van der Waals surface area contributed by atoms with Gasteiger partial charge in [-0.15, -0.1) is 5.92 Å². The zero-order chi connectivity index (χ0) is 38.1. The first-order valence-corrected chi connectivity index (χ1v) is 22.1. The van der Waals surface area contributed by atoms with Crippen LogP contribution in [0, 0.1) is 11.8 Å². The average Bonchev–Trinajstić information content (AvgIpc) is 3.16. The van der Waals surface area contributed by atoms with E-state index in [1.807, 2.05) is 103 Å². The van der Waals surface area contributed by atoms with E-state index in [0.717, 1.165) is 36.0 Å². The van der Waals surface area contributed by atoms with Gasteiger partial charge in [0.15, 0.2) is 14.6 Å². The number of unbranched alkanes of at least 4 members (excludes halogenated alkanes) is 4. The highest BCUT2D eigenvalue weighted by Gasteiger charge is 2.48. The molecule has 1 saturated heterocycles. The van der Waals surface area contributed by atoms with E-state index in [1.165, 1.54) is 12.8 Å². The molecular weight excluding hydrogens is 681 g/mol. The number of ether oxygens (including phenoxy) is 5. The summed E-state index contributed by atoms with van der Waals surface area (Å²) in [5.41, 5.74) is 3.08. The van der Waals surface area contributed by atoms with Gasteiger partial charge in [-0.05, 0) is 41.2 Å². The molecule has 0 aromatic heterocycles. The predicted molar refractivity (Wildman–Crippen MR) is 214 cm³/mol. The quantitative estimate of drug-likeness (QED) is 0.0568. The fourth-order valence-corrected chi connectivity index (χ4v) is 7.12. The minimum absolute atomic E-state index is 0.0735. The topological polar surface area (TPSA) is 75.6 Å². The zero-order valence-corrected chi connectivity index (χ0v) is 33.9. The third-order valence-electron chi connectivity index (χ3n) is 10.1. The van der Waals surface area contributed by atoms with Crippen LogP contribution in [-0.2, 0) is 47.9 Å². The van der Waals surface area contributed by atoms with E-state index in [1.54, 1.807) is 7.11 Å². The Labute approximate surface area is 320 Å². The van der Waals surface area contributed by atoms with Gasteiger partial charge >= 0.3 is 0 Å². The Hall–Kier alpha value is -3.10. The molecule has 8 heteroatoms. The molecule has 7 atom stereocenters. The minimum atomic E-state index is -2.32. The predicted octanol–water partition coefficient (Wildman–Crippen LogP) is 9.40. The number of hydrogen-bond acceptors (Lipinski definition) is 7. The van der Waals surface area contributed by atoms with Gasteiger partial charge in [0.25, 0.3) is 0 Å². The van der Waals surface area contributed by atoms with Crippen molar-refractivity contribution in [2.75, 3.05) is 7.11 Å². The molecule has 7 nitrogen and oxygen atoms in total. The molecule has 0 amide bonds. The van der Waals surface area contributed by atoms with Crippen LogP contribution < -0.4 is 0 Å². The van der Waals surface area contributed by atoms with E-state index in [9.17, 15) is 5.11 Å². The fourth-order valence-electron chi connectivity index (χ4n) is 5.88. The SMILES string of the molecule is CCCCCCC#C[C@H](O)[C@H](/C=C/[C@H]1O[C@H](OC)[C@H](OCc2ccccc2)[C@@H](OCc2ccccc2)[C@@H]1OCc1ccccc1)O[Si](C)(C)C(C)(C)C. The Kier molecular flexibility index (Phi) is 17.5. The van der Waals surface area contributed by atoms with E-state index in [0.29, 0.717) is 19.8 Å². The van der Waals surface area contributed by atoms with Gasteiger partial charge in [0, 0.05) is 13.5 Å². The lowest BCUT2D eigenvalue weighted by molar-refractivity contribution is -0.309. The van der Waals surface area contributed by atoms with Gasteiger partial charge in [0.2, 0.25) is 0 Å². The maximum atomic E-state index is 11.5. The highest BCUT2D eigenvalue weighted by Crippen LogP contribution is 2.38. The monoisotopic (exact) mass is 742 g/mol. The Bertz CT molecular complexity index is 1530. The molecule has 288 valence electrons. The van der Waals surface area contributed by atoms with Crippen molar-refractivity contribution in [2.24, 2.45) is 0 Å². The maximum absolute atomic E-state index is 11.5. The maximum Gasteiger partial charge on any atom is 0.193 e. The van der Waals surface area contributed by atoms with Crippen LogP contribution in [0.1, 0.15) is 76.5 Å². The van der Waals surface area contributed by atoms with E-state index in [4.69, 9.17) is 28.1 Å². The van der Waals surface area contributed by atoms with Crippen molar-refractivity contribution in [2.45, 2.75) is 141 Å². The van der Waals surface area contributed by atoms with Crippen LogP contribution in [-0.4, -0.2) is 63.4 Å². The summed E-state index contributed by atoms with van der Waals surface area (Å²) >= 11 is 0. The molecule has 53 heavy (non-hydrogen) atoms. The number of aliphatic hydroxyl groups is 1. The number of benzene rings is 3. The Morgan fingerprint density at radius 3 is 1.75 bits per heavy atom. The first-order chi connectivity index (χ1) is 25.5. The normalized spacial score (nSPS) is 21.9. The standard InChI is InChI=1S/C45H62O7Si/c1-8-9-10-11-12-22-29-38(46)39(52-53(6,7)45(2,3)4)30-31-40-41(48-32-35-23-16-13-17-24-35)42(49-33-36-25-18-14-19-26-36)43(44(47-5)51-40)50-34-37-27-20-15-21-28-37/h13-21,23-28,30-31,38-44,46H,8-12,32-34H2,1-7H3/b31-30+/t38-,39-,40+,41+,42-,43+,44-/m0/s1. The summed E-state index contributed by atoms with van der Waals surface area (Å²) in [6.07, 6.45) is 4.22. The lowest BCUT2D eigenvalue weighted by Crippen LogP contribution is -2.60. The van der Waals surface area contributed by atoms with Crippen molar-refractivity contribution in [3.8, 4) is 11.8 Å². The van der Waals surface area contributed by atoms with Crippen molar-refractivity contribution in [3.63, 3.8) is 0 Å². The molecule has 1 fully saturated rings. The second-order valence-electron chi connectivity index (χ2n) is 15.3. The van der Waals surface area contributed by atoms with Crippen LogP contribution in [0.25, 0.3) is 0 Å². The summed E-state index contributed by atoms with van der Waals surface area (Å²) in [4.78, 5) is 0. The number of rotatable bonds is 19. The number of hydrogen-bond donors (Lipinski definition) is 1. The van der Waals surface area contributed by atoms with Gasteiger partial charge in [-0.2, -0.15) is 0 Å². The van der Waals surface area contributed by atoms with Crippen LogP contribution in [0.15, 0.2) is 103 Å². The van der Waals surface area contributed by atoms with Crippen LogP contribution in [0.2, 0.25) is 18.1 Å². The van der Waals surface area contributed by atoms with Gasteiger partial charge in [0.1, 0.15) is 36.6 Å². The van der Waals surface area contributed by atoms with Gasteiger partial charge in [0.05, 0.1) is 19.8 Å². The van der Waals surface area contributed by atoms with Crippen LogP contribution in [0.3, 0.4) is 0 Å². The van der Waals surface area contributed by atoms with Gasteiger partial charge in [-0.25, -0.2) is 0 Å². The summed E-state index contributed by atoms with van der Waals surface area (Å²) in [6.45, 7) is 14.2.